The van der Waals surface area contributed by atoms with Gasteiger partial charge in [-0.25, -0.2) is 4.98 Å². The van der Waals surface area contributed by atoms with Crippen molar-refractivity contribution < 1.29 is 0 Å². The molecule has 0 radical (unpaired) electrons. The number of aromatic nitrogens is 2. The molecule has 0 saturated carbocycles. The summed E-state index contributed by atoms with van der Waals surface area (Å²) in [4.78, 5) is 16.1. The van der Waals surface area contributed by atoms with Gasteiger partial charge in [-0.15, -0.1) is 0 Å². The minimum absolute atomic E-state index is 0.0871. The zero-order valence-electron chi connectivity index (χ0n) is 9.38. The molecule has 0 amide bonds. The second kappa shape index (κ2) is 4.27. The first kappa shape index (κ1) is 11.0. The summed E-state index contributed by atoms with van der Waals surface area (Å²) >= 11 is 6.04. The molecule has 2 heterocycles. The molecule has 18 heavy (non-hydrogen) atoms. The van der Waals surface area contributed by atoms with Gasteiger partial charge in [-0.2, -0.15) is 0 Å². The molecule has 1 aromatic carbocycles. The summed E-state index contributed by atoms with van der Waals surface area (Å²) in [5, 5.41) is 1.17. The van der Waals surface area contributed by atoms with E-state index in [2.05, 4.69) is 4.98 Å². The number of halogens is 1. The number of pyridine rings is 2. The van der Waals surface area contributed by atoms with Crippen LogP contribution < -0.4 is 5.56 Å². The zero-order chi connectivity index (χ0) is 12.5. The van der Waals surface area contributed by atoms with E-state index in [0.717, 1.165) is 16.6 Å². The van der Waals surface area contributed by atoms with Crippen molar-refractivity contribution in [3.63, 3.8) is 0 Å². The molecule has 3 nitrogen and oxygen atoms in total. The van der Waals surface area contributed by atoms with Gasteiger partial charge in [-0.3, -0.25) is 9.36 Å². The topological polar surface area (TPSA) is 34.9 Å². The maximum absolute atomic E-state index is 12.0. The van der Waals surface area contributed by atoms with Crippen LogP contribution in [0.3, 0.4) is 0 Å². The standard InChI is InChI=1S/C14H9ClN2O/c15-14-11-6-7-13(18)17(12(11)8-9-16-14)10-4-2-1-3-5-10/h1-9H. The van der Waals surface area contributed by atoms with E-state index >= 15 is 0 Å². The van der Waals surface area contributed by atoms with Gasteiger partial charge in [0.2, 0.25) is 0 Å². The van der Waals surface area contributed by atoms with Crippen LogP contribution >= 0.6 is 11.6 Å². The molecule has 0 bridgehead atoms. The number of fused-ring (bicyclic) bond motifs is 1. The summed E-state index contributed by atoms with van der Waals surface area (Å²) in [6.07, 6.45) is 1.60. The summed E-state index contributed by atoms with van der Waals surface area (Å²) in [6.45, 7) is 0. The largest absolute Gasteiger partial charge is 0.277 e. The van der Waals surface area contributed by atoms with E-state index in [-0.39, 0.29) is 5.56 Å². The minimum Gasteiger partial charge on any atom is -0.277 e. The first-order valence-electron chi connectivity index (χ1n) is 5.49. The molecule has 0 spiro atoms. The molecule has 88 valence electrons. The van der Waals surface area contributed by atoms with Crippen molar-refractivity contribution in [3.8, 4) is 5.69 Å². The van der Waals surface area contributed by atoms with Crippen LogP contribution in [0.25, 0.3) is 16.6 Å². The average Bonchev–Trinajstić information content (AvgIpc) is 2.40. The first-order chi connectivity index (χ1) is 8.77. The van der Waals surface area contributed by atoms with Crippen molar-refractivity contribution >= 4 is 22.5 Å². The van der Waals surface area contributed by atoms with Gasteiger partial charge in [0, 0.05) is 23.3 Å². The Morgan fingerprint density at radius 2 is 1.78 bits per heavy atom. The molecular weight excluding hydrogens is 248 g/mol. The molecule has 0 aliphatic heterocycles. The highest BCUT2D eigenvalue weighted by Gasteiger charge is 2.07. The van der Waals surface area contributed by atoms with Crippen molar-refractivity contribution in [1.82, 2.24) is 9.55 Å². The third-order valence-electron chi connectivity index (χ3n) is 2.79. The van der Waals surface area contributed by atoms with Crippen molar-refractivity contribution in [3.05, 3.63) is 70.2 Å². The smallest absolute Gasteiger partial charge is 0.255 e. The summed E-state index contributed by atoms with van der Waals surface area (Å²) in [7, 11) is 0. The number of hydrogen-bond donors (Lipinski definition) is 0. The lowest BCUT2D eigenvalue weighted by atomic mass is 10.2. The highest BCUT2D eigenvalue weighted by molar-refractivity contribution is 6.34. The number of nitrogens with zero attached hydrogens (tertiary/aromatic N) is 2. The van der Waals surface area contributed by atoms with Gasteiger partial charge in [0.05, 0.1) is 5.52 Å². The fourth-order valence-electron chi connectivity index (χ4n) is 1.98. The molecule has 2 aromatic heterocycles. The Labute approximate surface area is 108 Å². The normalized spacial score (nSPS) is 10.7. The molecular formula is C14H9ClN2O. The Balaban J connectivity index is 2.45. The van der Waals surface area contributed by atoms with E-state index < -0.39 is 0 Å². The predicted molar refractivity (Wildman–Crippen MR) is 72.4 cm³/mol. The molecule has 0 unspecified atom stereocenters. The minimum atomic E-state index is -0.0871. The van der Waals surface area contributed by atoms with Crippen LogP contribution in [0.5, 0.6) is 0 Å². The van der Waals surface area contributed by atoms with Gasteiger partial charge in [0.15, 0.2) is 0 Å². The second-order valence-corrected chi connectivity index (χ2v) is 4.24. The van der Waals surface area contributed by atoms with Gasteiger partial charge < -0.3 is 0 Å². The molecule has 3 rings (SSSR count). The van der Waals surface area contributed by atoms with Gasteiger partial charge in [-0.1, -0.05) is 29.8 Å². The molecule has 0 aliphatic rings. The van der Waals surface area contributed by atoms with Crippen LogP contribution in [0.15, 0.2) is 59.5 Å². The van der Waals surface area contributed by atoms with Gasteiger partial charge >= 0.3 is 0 Å². The SMILES string of the molecule is O=c1ccc2c(Cl)nccc2n1-c1ccccc1. The molecule has 3 aromatic rings. The molecule has 0 N–H and O–H groups in total. The molecule has 0 aliphatic carbocycles. The van der Waals surface area contributed by atoms with E-state index in [1.165, 1.54) is 6.07 Å². The summed E-state index contributed by atoms with van der Waals surface area (Å²) in [6, 6.07) is 14.5. The monoisotopic (exact) mass is 256 g/mol. The molecule has 0 saturated heterocycles. The van der Waals surface area contributed by atoms with Crippen LogP contribution in [-0.4, -0.2) is 9.55 Å². The fraction of sp³-hybridized carbons (Fsp3) is 0. The molecule has 0 atom stereocenters. The zero-order valence-corrected chi connectivity index (χ0v) is 10.1. The molecule has 0 fully saturated rings. The first-order valence-corrected chi connectivity index (χ1v) is 5.87. The summed E-state index contributed by atoms with van der Waals surface area (Å²) in [5.41, 5.74) is 1.49. The number of rotatable bonds is 1. The Bertz CT molecular complexity index is 766. The predicted octanol–water partition coefficient (Wildman–Crippen LogP) is 3.04. The Kier molecular flexibility index (Phi) is 2.61. The van der Waals surface area contributed by atoms with Crippen molar-refractivity contribution in [2.75, 3.05) is 0 Å². The average molecular weight is 257 g/mol. The van der Waals surface area contributed by atoms with Crippen LogP contribution in [-0.2, 0) is 0 Å². The lowest BCUT2D eigenvalue weighted by Gasteiger charge is -2.10. The van der Waals surface area contributed by atoms with E-state index in [9.17, 15) is 4.79 Å². The number of para-hydroxylation sites is 1. The number of hydrogen-bond acceptors (Lipinski definition) is 2. The number of benzene rings is 1. The van der Waals surface area contributed by atoms with Crippen molar-refractivity contribution in [1.29, 1.82) is 0 Å². The van der Waals surface area contributed by atoms with E-state index in [4.69, 9.17) is 11.6 Å². The Morgan fingerprint density at radius 3 is 2.56 bits per heavy atom. The van der Waals surface area contributed by atoms with E-state index in [0.29, 0.717) is 5.15 Å². The maximum atomic E-state index is 12.0. The van der Waals surface area contributed by atoms with Crippen molar-refractivity contribution in [2.24, 2.45) is 0 Å². The Hall–Kier alpha value is -2.13. The van der Waals surface area contributed by atoms with Gasteiger partial charge in [0.25, 0.3) is 5.56 Å². The van der Waals surface area contributed by atoms with Gasteiger partial charge in [-0.05, 0) is 24.3 Å². The summed E-state index contributed by atoms with van der Waals surface area (Å²) < 4.78 is 1.63. The summed E-state index contributed by atoms with van der Waals surface area (Å²) in [5.74, 6) is 0. The second-order valence-electron chi connectivity index (χ2n) is 3.88. The third-order valence-corrected chi connectivity index (χ3v) is 3.09. The maximum Gasteiger partial charge on any atom is 0.255 e. The fourth-order valence-corrected chi connectivity index (χ4v) is 2.19. The third kappa shape index (κ3) is 1.69. The van der Waals surface area contributed by atoms with E-state index in [1.807, 2.05) is 30.3 Å². The lowest BCUT2D eigenvalue weighted by molar-refractivity contribution is 1.04. The van der Waals surface area contributed by atoms with Crippen LogP contribution in [0.2, 0.25) is 5.15 Å². The van der Waals surface area contributed by atoms with Gasteiger partial charge in [0.1, 0.15) is 5.15 Å². The van der Waals surface area contributed by atoms with E-state index in [1.54, 1.807) is 22.9 Å². The quantitative estimate of drug-likeness (QED) is 0.627. The lowest BCUT2D eigenvalue weighted by Crippen LogP contribution is -2.17. The highest BCUT2D eigenvalue weighted by atomic mass is 35.5. The Morgan fingerprint density at radius 1 is 1.00 bits per heavy atom. The van der Waals surface area contributed by atoms with Crippen molar-refractivity contribution in [2.45, 2.75) is 0 Å². The highest BCUT2D eigenvalue weighted by Crippen LogP contribution is 2.21. The molecule has 4 heteroatoms. The van der Waals surface area contributed by atoms with Crippen LogP contribution in [0, 0.1) is 0 Å². The van der Waals surface area contributed by atoms with Crippen LogP contribution in [0.4, 0.5) is 0 Å². The van der Waals surface area contributed by atoms with Crippen LogP contribution in [0.1, 0.15) is 0 Å².